The number of hydrogen-bond acceptors (Lipinski definition) is 2. The Bertz CT molecular complexity index is 235. The Balaban J connectivity index is 2.41. The van der Waals surface area contributed by atoms with Crippen LogP contribution in [0.2, 0.25) is 0 Å². The van der Waals surface area contributed by atoms with Crippen molar-refractivity contribution in [1.82, 2.24) is 5.32 Å². The van der Waals surface area contributed by atoms with E-state index in [1.54, 1.807) is 0 Å². The fraction of sp³-hybridized carbons (Fsp3) is 0.400. The van der Waals surface area contributed by atoms with Gasteiger partial charge in [0.25, 0.3) is 0 Å². The Hall–Kier alpha value is -0.470. The molecule has 0 aromatic heterocycles. The van der Waals surface area contributed by atoms with E-state index in [1.807, 2.05) is 0 Å². The minimum Gasteiger partial charge on any atom is -0.312 e. The van der Waals surface area contributed by atoms with Gasteiger partial charge >= 0.3 is 0 Å². The fourth-order valence-corrected chi connectivity index (χ4v) is 1.29. The van der Waals surface area contributed by atoms with Gasteiger partial charge in [0.05, 0.1) is 0 Å². The molecule has 0 atom stereocenters. The fourth-order valence-electron chi connectivity index (χ4n) is 1.13. The van der Waals surface area contributed by atoms with E-state index < -0.39 is 0 Å². The average Bonchev–Trinajstić information content (AvgIpc) is 2.05. The standard InChI is InChI=1S/C10H15NS/c1-9-3-2-4-10(7-9)8-11-5-6-12/h2-4,7,11-12H,5-6,8H2,1H3. The van der Waals surface area contributed by atoms with Crippen LogP contribution in [0.5, 0.6) is 0 Å². The van der Waals surface area contributed by atoms with Gasteiger partial charge in [0.1, 0.15) is 0 Å². The van der Waals surface area contributed by atoms with Gasteiger partial charge < -0.3 is 5.32 Å². The molecule has 0 aliphatic rings. The van der Waals surface area contributed by atoms with Gasteiger partial charge in [0.2, 0.25) is 0 Å². The molecular formula is C10H15NS. The van der Waals surface area contributed by atoms with Crippen molar-refractivity contribution in [3.8, 4) is 0 Å². The molecule has 2 heteroatoms. The number of rotatable bonds is 4. The summed E-state index contributed by atoms with van der Waals surface area (Å²) in [5.41, 5.74) is 2.66. The first-order valence-electron chi connectivity index (χ1n) is 4.20. The molecule has 12 heavy (non-hydrogen) atoms. The summed E-state index contributed by atoms with van der Waals surface area (Å²) in [4.78, 5) is 0. The lowest BCUT2D eigenvalue weighted by molar-refractivity contribution is 0.732. The van der Waals surface area contributed by atoms with Crippen LogP contribution in [0.4, 0.5) is 0 Å². The molecule has 0 aliphatic carbocycles. The van der Waals surface area contributed by atoms with Crippen molar-refractivity contribution in [3.63, 3.8) is 0 Å². The number of benzene rings is 1. The monoisotopic (exact) mass is 181 g/mol. The summed E-state index contributed by atoms with van der Waals surface area (Å²) >= 11 is 4.12. The van der Waals surface area contributed by atoms with Crippen molar-refractivity contribution in [2.45, 2.75) is 13.5 Å². The number of thiol groups is 1. The molecular weight excluding hydrogens is 166 g/mol. The third kappa shape index (κ3) is 3.28. The van der Waals surface area contributed by atoms with Gasteiger partial charge in [-0.25, -0.2) is 0 Å². The molecule has 1 N–H and O–H groups in total. The summed E-state index contributed by atoms with van der Waals surface area (Å²) in [6.07, 6.45) is 0. The van der Waals surface area contributed by atoms with Crippen LogP contribution < -0.4 is 5.32 Å². The van der Waals surface area contributed by atoms with E-state index >= 15 is 0 Å². The lowest BCUT2D eigenvalue weighted by Crippen LogP contribution is -2.15. The Morgan fingerprint density at radius 1 is 1.42 bits per heavy atom. The SMILES string of the molecule is Cc1cccc(CNCCS)c1. The Kier molecular flexibility index (Phi) is 4.19. The van der Waals surface area contributed by atoms with E-state index in [1.165, 1.54) is 11.1 Å². The molecule has 0 radical (unpaired) electrons. The van der Waals surface area contributed by atoms with Crippen LogP contribution in [-0.4, -0.2) is 12.3 Å². The summed E-state index contributed by atoms with van der Waals surface area (Å²) in [5, 5.41) is 3.30. The second-order valence-electron chi connectivity index (χ2n) is 2.89. The van der Waals surface area contributed by atoms with Gasteiger partial charge in [-0.05, 0) is 12.5 Å². The lowest BCUT2D eigenvalue weighted by atomic mass is 10.1. The summed E-state index contributed by atoms with van der Waals surface area (Å²) in [6, 6.07) is 8.54. The Morgan fingerprint density at radius 3 is 2.92 bits per heavy atom. The first-order chi connectivity index (χ1) is 5.83. The third-order valence-electron chi connectivity index (χ3n) is 1.70. The normalized spacial score (nSPS) is 10.2. The summed E-state index contributed by atoms with van der Waals surface area (Å²) in [6.45, 7) is 4.03. The second kappa shape index (κ2) is 5.22. The second-order valence-corrected chi connectivity index (χ2v) is 3.34. The van der Waals surface area contributed by atoms with E-state index in [9.17, 15) is 0 Å². The van der Waals surface area contributed by atoms with Crippen LogP contribution >= 0.6 is 12.6 Å². The van der Waals surface area contributed by atoms with Crippen molar-refractivity contribution in [2.75, 3.05) is 12.3 Å². The number of aryl methyl sites for hydroxylation is 1. The van der Waals surface area contributed by atoms with Gasteiger partial charge in [-0.1, -0.05) is 29.8 Å². The van der Waals surface area contributed by atoms with E-state index in [4.69, 9.17) is 0 Å². The van der Waals surface area contributed by atoms with Gasteiger partial charge in [-0.2, -0.15) is 12.6 Å². The zero-order chi connectivity index (χ0) is 8.81. The molecule has 0 saturated carbocycles. The van der Waals surface area contributed by atoms with E-state index in [0.29, 0.717) is 0 Å². The molecule has 1 aromatic rings. The van der Waals surface area contributed by atoms with Crippen molar-refractivity contribution < 1.29 is 0 Å². The molecule has 0 aliphatic heterocycles. The topological polar surface area (TPSA) is 12.0 Å². The maximum absolute atomic E-state index is 4.12. The predicted octanol–water partition coefficient (Wildman–Crippen LogP) is 2.01. The molecule has 0 saturated heterocycles. The molecule has 0 bridgehead atoms. The molecule has 66 valence electrons. The zero-order valence-electron chi connectivity index (χ0n) is 7.38. The molecule has 1 rings (SSSR count). The van der Waals surface area contributed by atoms with E-state index in [-0.39, 0.29) is 0 Å². The van der Waals surface area contributed by atoms with Crippen LogP contribution in [0.15, 0.2) is 24.3 Å². The molecule has 1 nitrogen and oxygen atoms in total. The Labute approximate surface area is 79.6 Å². The molecule has 0 spiro atoms. The van der Waals surface area contributed by atoms with Gasteiger partial charge in [0, 0.05) is 18.8 Å². The smallest absolute Gasteiger partial charge is 0.0205 e. The minimum atomic E-state index is 0.895. The molecule has 0 amide bonds. The zero-order valence-corrected chi connectivity index (χ0v) is 8.27. The quantitative estimate of drug-likeness (QED) is 0.535. The van der Waals surface area contributed by atoms with Gasteiger partial charge in [-0.15, -0.1) is 0 Å². The number of hydrogen-bond donors (Lipinski definition) is 2. The van der Waals surface area contributed by atoms with Crippen molar-refractivity contribution >= 4 is 12.6 Å². The highest BCUT2D eigenvalue weighted by molar-refractivity contribution is 7.80. The van der Waals surface area contributed by atoms with Crippen molar-refractivity contribution in [1.29, 1.82) is 0 Å². The summed E-state index contributed by atoms with van der Waals surface area (Å²) in [7, 11) is 0. The highest BCUT2D eigenvalue weighted by atomic mass is 32.1. The van der Waals surface area contributed by atoms with Crippen LogP contribution in [-0.2, 0) is 6.54 Å². The highest BCUT2D eigenvalue weighted by Gasteiger charge is 1.90. The van der Waals surface area contributed by atoms with Crippen LogP contribution in [0.1, 0.15) is 11.1 Å². The molecule has 0 fully saturated rings. The molecule has 1 aromatic carbocycles. The molecule has 0 heterocycles. The Morgan fingerprint density at radius 2 is 2.25 bits per heavy atom. The van der Waals surface area contributed by atoms with Gasteiger partial charge in [-0.3, -0.25) is 0 Å². The third-order valence-corrected chi connectivity index (χ3v) is 1.92. The number of nitrogens with one attached hydrogen (secondary N) is 1. The summed E-state index contributed by atoms with van der Waals surface area (Å²) in [5.74, 6) is 0.895. The van der Waals surface area contributed by atoms with Crippen LogP contribution in [0.3, 0.4) is 0 Å². The first kappa shape index (κ1) is 9.62. The largest absolute Gasteiger partial charge is 0.312 e. The lowest BCUT2D eigenvalue weighted by Gasteiger charge is -2.03. The van der Waals surface area contributed by atoms with Crippen molar-refractivity contribution in [3.05, 3.63) is 35.4 Å². The first-order valence-corrected chi connectivity index (χ1v) is 4.83. The van der Waals surface area contributed by atoms with Crippen LogP contribution in [0, 0.1) is 6.92 Å². The minimum absolute atomic E-state index is 0.895. The van der Waals surface area contributed by atoms with E-state index in [2.05, 4.69) is 49.1 Å². The average molecular weight is 181 g/mol. The molecule has 0 unspecified atom stereocenters. The van der Waals surface area contributed by atoms with Gasteiger partial charge in [0.15, 0.2) is 0 Å². The maximum Gasteiger partial charge on any atom is 0.0205 e. The predicted molar refractivity (Wildman–Crippen MR) is 56.7 cm³/mol. The van der Waals surface area contributed by atoms with Crippen LogP contribution in [0.25, 0.3) is 0 Å². The van der Waals surface area contributed by atoms with Crippen molar-refractivity contribution in [2.24, 2.45) is 0 Å². The maximum atomic E-state index is 4.12. The highest BCUT2D eigenvalue weighted by Crippen LogP contribution is 2.02. The summed E-state index contributed by atoms with van der Waals surface area (Å²) < 4.78 is 0. The van der Waals surface area contributed by atoms with E-state index in [0.717, 1.165) is 18.8 Å².